The van der Waals surface area contributed by atoms with E-state index in [-0.39, 0.29) is 35.1 Å². The van der Waals surface area contributed by atoms with E-state index in [1.165, 1.54) is 17.8 Å². The number of aromatic nitrogens is 2. The molecule has 2 aromatic rings. The van der Waals surface area contributed by atoms with Crippen LogP contribution in [0, 0.1) is 0 Å². The van der Waals surface area contributed by atoms with Crippen LogP contribution in [0.5, 0.6) is 0 Å². The lowest BCUT2D eigenvalue weighted by molar-refractivity contribution is -0.137. The van der Waals surface area contributed by atoms with Gasteiger partial charge in [-0.15, -0.1) is 11.8 Å². The van der Waals surface area contributed by atoms with Crippen LogP contribution in [0.15, 0.2) is 27.6 Å². The number of halogens is 3. The minimum Gasteiger partial charge on any atom is -0.339 e. The molecular formula is C20H26F3N3O2S. The van der Waals surface area contributed by atoms with Crippen molar-refractivity contribution in [3.05, 3.63) is 35.5 Å². The summed E-state index contributed by atoms with van der Waals surface area (Å²) in [4.78, 5) is 16.9. The zero-order valence-electron chi connectivity index (χ0n) is 17.2. The molecule has 1 aromatic carbocycles. The number of carbonyl (C=O) groups is 1. The second-order valence-electron chi connectivity index (χ2n) is 7.85. The summed E-state index contributed by atoms with van der Waals surface area (Å²) in [6.45, 7) is 9.71. The number of hydrogen-bond acceptors (Lipinski definition) is 5. The lowest BCUT2D eigenvalue weighted by Crippen LogP contribution is -2.17. The van der Waals surface area contributed by atoms with Crippen LogP contribution in [0.25, 0.3) is 0 Å². The van der Waals surface area contributed by atoms with E-state index in [9.17, 15) is 18.0 Å². The van der Waals surface area contributed by atoms with Crippen LogP contribution in [0.3, 0.4) is 0 Å². The fraction of sp³-hybridized carbons (Fsp3) is 0.550. The predicted molar refractivity (Wildman–Crippen MR) is 107 cm³/mol. The van der Waals surface area contributed by atoms with Crippen molar-refractivity contribution in [2.45, 2.75) is 75.6 Å². The Morgan fingerprint density at radius 1 is 1.28 bits per heavy atom. The molecule has 0 aliphatic carbocycles. The third-order valence-electron chi connectivity index (χ3n) is 4.19. The van der Waals surface area contributed by atoms with E-state index in [1.807, 2.05) is 34.6 Å². The summed E-state index contributed by atoms with van der Waals surface area (Å²) in [5, 5.41) is 6.43. The Kier molecular flexibility index (Phi) is 7.37. The molecule has 0 aliphatic heterocycles. The Labute approximate surface area is 172 Å². The molecule has 0 saturated carbocycles. The number of nitrogens with zero attached hydrogens (tertiary/aromatic N) is 2. The number of alkyl halides is 3. The smallest absolute Gasteiger partial charge is 0.339 e. The highest BCUT2D eigenvalue weighted by atomic mass is 32.2. The van der Waals surface area contributed by atoms with E-state index in [0.717, 1.165) is 12.5 Å². The minimum atomic E-state index is -4.57. The predicted octanol–water partition coefficient (Wildman–Crippen LogP) is 5.85. The molecule has 1 unspecified atom stereocenters. The lowest BCUT2D eigenvalue weighted by Gasteiger charge is -2.16. The average Bonchev–Trinajstić information content (AvgIpc) is 3.09. The van der Waals surface area contributed by atoms with Crippen LogP contribution in [0.2, 0.25) is 0 Å². The summed E-state index contributed by atoms with van der Waals surface area (Å²) in [5.74, 6) is 0.247. The number of thioether (sulfide) groups is 1. The molecule has 0 spiro atoms. The van der Waals surface area contributed by atoms with Crippen LogP contribution in [0.4, 0.5) is 18.9 Å². The Hall–Kier alpha value is -2.03. The Balaban J connectivity index is 2.07. The fourth-order valence-electron chi connectivity index (χ4n) is 2.35. The number of nitrogens with one attached hydrogen (secondary N) is 1. The van der Waals surface area contributed by atoms with Crippen LogP contribution in [-0.4, -0.2) is 21.3 Å². The number of benzene rings is 1. The molecule has 160 valence electrons. The summed E-state index contributed by atoms with van der Waals surface area (Å²) in [7, 11) is 0. The van der Waals surface area contributed by atoms with Crippen molar-refractivity contribution >= 4 is 23.4 Å². The Morgan fingerprint density at radius 2 is 1.97 bits per heavy atom. The lowest BCUT2D eigenvalue weighted by atomic mass is 9.96. The number of anilines is 1. The fourth-order valence-corrected chi connectivity index (χ4v) is 3.31. The molecule has 0 aliphatic rings. The topological polar surface area (TPSA) is 68.0 Å². The van der Waals surface area contributed by atoms with Gasteiger partial charge in [-0.05, 0) is 24.6 Å². The molecule has 0 fully saturated rings. The van der Waals surface area contributed by atoms with Crippen molar-refractivity contribution in [2.24, 2.45) is 0 Å². The molecule has 1 aromatic heterocycles. The van der Waals surface area contributed by atoms with E-state index in [1.54, 1.807) is 6.07 Å². The molecule has 1 amide bonds. The normalized spacial score (nSPS) is 13.4. The molecule has 1 heterocycles. The van der Waals surface area contributed by atoms with Crippen LogP contribution in [-0.2, 0) is 22.8 Å². The molecule has 0 radical (unpaired) electrons. The first-order valence-electron chi connectivity index (χ1n) is 9.41. The Morgan fingerprint density at radius 3 is 2.52 bits per heavy atom. The van der Waals surface area contributed by atoms with Crippen LogP contribution >= 0.6 is 11.8 Å². The zero-order chi connectivity index (χ0) is 21.8. The molecule has 1 atom stereocenters. The summed E-state index contributed by atoms with van der Waals surface area (Å²) in [6.07, 6.45) is -3.63. The molecule has 5 nitrogen and oxygen atoms in total. The molecule has 9 heteroatoms. The SMILES string of the molecule is CCC(C)Sc1ccc(NC(=O)CCc2nc(C(C)(C)C)no2)c(C(F)(F)F)c1. The van der Waals surface area contributed by atoms with Gasteiger partial charge in [0, 0.05) is 28.4 Å². The minimum absolute atomic E-state index is 0.0631. The number of rotatable bonds is 7. The van der Waals surface area contributed by atoms with Gasteiger partial charge >= 0.3 is 6.18 Å². The van der Waals surface area contributed by atoms with Gasteiger partial charge in [-0.3, -0.25) is 4.79 Å². The standard InChI is InChI=1S/C20H26F3N3O2S/c1-6-12(2)29-13-7-8-15(14(11-13)20(21,22)23)24-16(27)9-10-17-25-18(26-28-17)19(3,4)5/h7-8,11-12H,6,9-10H2,1-5H3,(H,24,27). The van der Waals surface area contributed by atoms with Crippen LogP contribution < -0.4 is 5.32 Å². The zero-order valence-corrected chi connectivity index (χ0v) is 18.0. The second-order valence-corrected chi connectivity index (χ2v) is 9.36. The molecule has 1 N–H and O–H groups in total. The van der Waals surface area contributed by atoms with E-state index in [4.69, 9.17) is 4.52 Å². The monoisotopic (exact) mass is 429 g/mol. The van der Waals surface area contributed by atoms with Gasteiger partial charge in [0.25, 0.3) is 0 Å². The molecule has 29 heavy (non-hydrogen) atoms. The van der Waals surface area contributed by atoms with Crippen molar-refractivity contribution < 1.29 is 22.5 Å². The summed E-state index contributed by atoms with van der Waals surface area (Å²) in [6, 6.07) is 3.98. The van der Waals surface area contributed by atoms with Crippen molar-refractivity contribution in [2.75, 3.05) is 5.32 Å². The van der Waals surface area contributed by atoms with Crippen molar-refractivity contribution in [3.8, 4) is 0 Å². The highest BCUT2D eigenvalue weighted by Crippen LogP contribution is 2.38. The van der Waals surface area contributed by atoms with E-state index >= 15 is 0 Å². The van der Waals surface area contributed by atoms with Gasteiger partial charge in [-0.1, -0.05) is 39.8 Å². The van der Waals surface area contributed by atoms with Gasteiger partial charge in [0.2, 0.25) is 11.8 Å². The van der Waals surface area contributed by atoms with E-state index in [0.29, 0.717) is 10.7 Å². The maximum atomic E-state index is 13.5. The second kappa shape index (κ2) is 9.19. The summed E-state index contributed by atoms with van der Waals surface area (Å²) < 4.78 is 45.5. The number of carbonyl (C=O) groups excluding carboxylic acids is 1. The van der Waals surface area contributed by atoms with Crippen LogP contribution in [0.1, 0.15) is 64.7 Å². The largest absolute Gasteiger partial charge is 0.418 e. The summed E-state index contributed by atoms with van der Waals surface area (Å²) in [5.41, 5.74) is -1.40. The van der Waals surface area contributed by atoms with E-state index in [2.05, 4.69) is 15.5 Å². The van der Waals surface area contributed by atoms with Crippen molar-refractivity contribution in [1.82, 2.24) is 10.1 Å². The number of hydrogen-bond donors (Lipinski definition) is 1. The third kappa shape index (κ3) is 6.76. The molecule has 2 rings (SSSR count). The summed E-state index contributed by atoms with van der Waals surface area (Å²) >= 11 is 1.37. The first-order chi connectivity index (χ1) is 13.4. The number of aryl methyl sites for hydroxylation is 1. The average molecular weight is 430 g/mol. The van der Waals surface area contributed by atoms with Gasteiger partial charge < -0.3 is 9.84 Å². The molecule has 0 saturated heterocycles. The first-order valence-corrected chi connectivity index (χ1v) is 10.3. The highest BCUT2D eigenvalue weighted by Gasteiger charge is 2.34. The van der Waals surface area contributed by atoms with Gasteiger partial charge in [0.15, 0.2) is 5.82 Å². The van der Waals surface area contributed by atoms with Crippen molar-refractivity contribution in [3.63, 3.8) is 0 Å². The molecule has 0 bridgehead atoms. The maximum absolute atomic E-state index is 13.5. The first kappa shape index (κ1) is 23.3. The van der Waals surface area contributed by atoms with Gasteiger partial charge in [-0.2, -0.15) is 18.2 Å². The van der Waals surface area contributed by atoms with Gasteiger partial charge in [-0.25, -0.2) is 0 Å². The maximum Gasteiger partial charge on any atom is 0.418 e. The Bertz CT molecular complexity index is 844. The highest BCUT2D eigenvalue weighted by molar-refractivity contribution is 7.99. The van der Waals surface area contributed by atoms with Gasteiger partial charge in [0.05, 0.1) is 11.3 Å². The van der Waals surface area contributed by atoms with Crippen molar-refractivity contribution in [1.29, 1.82) is 0 Å². The number of amides is 1. The van der Waals surface area contributed by atoms with Gasteiger partial charge in [0.1, 0.15) is 0 Å². The van der Waals surface area contributed by atoms with E-state index < -0.39 is 17.6 Å². The molecular weight excluding hydrogens is 403 g/mol. The third-order valence-corrected chi connectivity index (χ3v) is 5.45. The quantitative estimate of drug-likeness (QED) is 0.560.